The summed E-state index contributed by atoms with van der Waals surface area (Å²) in [7, 11) is 0. The number of ether oxygens (including phenoxy) is 1. The van der Waals surface area contributed by atoms with E-state index in [4.69, 9.17) is 4.74 Å². The third kappa shape index (κ3) is 2.63. The van der Waals surface area contributed by atoms with Crippen LogP contribution in [-0.2, 0) is 16.0 Å². The average Bonchev–Trinajstić information content (AvgIpc) is 2.90. The third-order valence-electron chi connectivity index (χ3n) is 4.64. The van der Waals surface area contributed by atoms with E-state index >= 15 is 0 Å². The van der Waals surface area contributed by atoms with Crippen molar-refractivity contribution in [1.82, 2.24) is 0 Å². The van der Waals surface area contributed by atoms with Gasteiger partial charge in [-0.25, -0.2) is 0 Å². The molecule has 0 aromatic heterocycles. The highest BCUT2D eigenvalue weighted by molar-refractivity contribution is 6.23. The Labute approximate surface area is 147 Å². The first-order valence-electron chi connectivity index (χ1n) is 8.32. The second kappa shape index (κ2) is 6.54. The molecule has 3 rings (SSSR count). The third-order valence-corrected chi connectivity index (χ3v) is 4.64. The average molecular weight is 332 g/mol. The van der Waals surface area contributed by atoms with E-state index in [-0.39, 0.29) is 18.8 Å². The number of carbonyl (C=O) groups is 2. The molecule has 0 aliphatic heterocycles. The number of carbonyl (C=O) groups excluding carboxylic acids is 2. The molecule has 0 N–H and O–H groups in total. The second-order valence-corrected chi connectivity index (χ2v) is 6.21. The van der Waals surface area contributed by atoms with E-state index in [1.165, 1.54) is 0 Å². The smallest absolute Gasteiger partial charge is 0.325 e. The lowest BCUT2D eigenvalue weighted by Crippen LogP contribution is -2.40. The predicted octanol–water partition coefficient (Wildman–Crippen LogP) is 4.15. The van der Waals surface area contributed by atoms with Crippen LogP contribution in [-0.4, -0.2) is 18.4 Å². The number of benzene rings is 2. The molecule has 3 heteroatoms. The highest BCUT2D eigenvalue weighted by Crippen LogP contribution is 2.47. The summed E-state index contributed by atoms with van der Waals surface area (Å²) in [5, 5.41) is 0. The van der Waals surface area contributed by atoms with Crippen molar-refractivity contribution in [3.05, 3.63) is 83.1 Å². The molecule has 0 radical (unpaired) electrons. The van der Waals surface area contributed by atoms with Gasteiger partial charge in [-0.3, -0.25) is 9.59 Å². The van der Waals surface area contributed by atoms with Gasteiger partial charge in [0.1, 0.15) is 0 Å². The Hall–Kier alpha value is -2.90. The zero-order chi connectivity index (χ0) is 18.0. The Kier molecular flexibility index (Phi) is 4.43. The van der Waals surface area contributed by atoms with Crippen molar-refractivity contribution < 1.29 is 14.3 Å². The van der Waals surface area contributed by atoms with Crippen molar-refractivity contribution in [3.8, 4) is 0 Å². The van der Waals surface area contributed by atoms with E-state index in [0.717, 1.165) is 16.7 Å². The minimum atomic E-state index is -1.42. The second-order valence-electron chi connectivity index (χ2n) is 6.21. The molecule has 0 spiro atoms. The molecule has 0 unspecified atom stereocenters. The molecule has 1 aliphatic rings. The van der Waals surface area contributed by atoms with Crippen LogP contribution in [0.4, 0.5) is 0 Å². The molecule has 0 saturated carbocycles. The van der Waals surface area contributed by atoms with E-state index in [1.807, 2.05) is 55.5 Å². The minimum Gasteiger partial charge on any atom is -0.465 e. The molecule has 126 valence electrons. The molecule has 25 heavy (non-hydrogen) atoms. The van der Waals surface area contributed by atoms with Crippen LogP contribution in [0.1, 0.15) is 34.0 Å². The molecular weight excluding hydrogens is 312 g/mol. The number of rotatable bonds is 4. The fourth-order valence-electron chi connectivity index (χ4n) is 3.48. The summed E-state index contributed by atoms with van der Waals surface area (Å²) in [4.78, 5) is 26.3. The largest absolute Gasteiger partial charge is 0.465 e. The van der Waals surface area contributed by atoms with Crippen LogP contribution in [0.3, 0.4) is 0 Å². The fraction of sp³-hybridized carbons (Fsp3) is 0.227. The first kappa shape index (κ1) is 16.9. The number of aryl methyl sites for hydroxylation is 1. The van der Waals surface area contributed by atoms with Crippen molar-refractivity contribution in [3.63, 3.8) is 0 Å². The maximum atomic E-state index is 13.4. The zero-order valence-electron chi connectivity index (χ0n) is 14.5. The molecule has 3 nitrogen and oxygen atoms in total. The van der Waals surface area contributed by atoms with Crippen LogP contribution in [0.5, 0.6) is 0 Å². The van der Waals surface area contributed by atoms with Crippen molar-refractivity contribution in [2.75, 3.05) is 6.61 Å². The first-order chi connectivity index (χ1) is 12.0. The van der Waals surface area contributed by atoms with Crippen LogP contribution in [0.2, 0.25) is 0 Å². The summed E-state index contributed by atoms with van der Waals surface area (Å²) in [5.41, 5.74) is 5.09. The van der Waals surface area contributed by atoms with Crippen LogP contribution in [0.25, 0.3) is 5.57 Å². The molecular formula is C22H20O3. The molecule has 0 heterocycles. The number of esters is 1. The van der Waals surface area contributed by atoms with Crippen LogP contribution >= 0.6 is 0 Å². The lowest BCUT2D eigenvalue weighted by molar-refractivity contribution is -0.149. The van der Waals surface area contributed by atoms with Crippen molar-refractivity contribution in [2.24, 2.45) is 5.41 Å². The number of Topliss-reactive ketones (excluding diaryl/α,β-unsaturated/α-hetero) is 1. The summed E-state index contributed by atoms with van der Waals surface area (Å²) in [6, 6.07) is 15.0. The van der Waals surface area contributed by atoms with E-state index < -0.39 is 11.4 Å². The van der Waals surface area contributed by atoms with Gasteiger partial charge in [0.25, 0.3) is 0 Å². The molecule has 1 atom stereocenters. The van der Waals surface area contributed by atoms with Gasteiger partial charge >= 0.3 is 5.97 Å². The van der Waals surface area contributed by atoms with Gasteiger partial charge in [-0.1, -0.05) is 54.6 Å². The Morgan fingerprint density at radius 3 is 2.60 bits per heavy atom. The summed E-state index contributed by atoms with van der Waals surface area (Å²) >= 11 is 0. The number of fused-ring (bicyclic) bond motifs is 1. The molecule has 2 aromatic rings. The van der Waals surface area contributed by atoms with Gasteiger partial charge in [0.05, 0.1) is 6.61 Å². The normalized spacial score (nSPS) is 18.4. The van der Waals surface area contributed by atoms with Crippen molar-refractivity contribution in [1.29, 1.82) is 0 Å². The van der Waals surface area contributed by atoms with Gasteiger partial charge in [0, 0.05) is 17.6 Å². The monoisotopic (exact) mass is 332 g/mol. The predicted molar refractivity (Wildman–Crippen MR) is 97.3 cm³/mol. The number of ketones is 1. The molecule has 0 bridgehead atoms. The minimum absolute atomic E-state index is 0.211. The van der Waals surface area contributed by atoms with Gasteiger partial charge in [-0.15, -0.1) is 5.73 Å². The van der Waals surface area contributed by atoms with Gasteiger partial charge in [-0.2, -0.15) is 0 Å². The lowest BCUT2D eigenvalue weighted by Gasteiger charge is -2.27. The number of hydrogen-bond acceptors (Lipinski definition) is 3. The number of hydrogen-bond donors (Lipinski definition) is 0. The molecule has 1 aliphatic carbocycles. The quantitative estimate of drug-likeness (QED) is 0.480. The summed E-state index contributed by atoms with van der Waals surface area (Å²) in [6.07, 6.45) is 0.271. The van der Waals surface area contributed by atoms with Gasteiger partial charge < -0.3 is 4.74 Å². The topological polar surface area (TPSA) is 43.4 Å². The Morgan fingerprint density at radius 2 is 1.96 bits per heavy atom. The molecule has 0 saturated heterocycles. The van der Waals surface area contributed by atoms with Crippen LogP contribution in [0, 0.1) is 12.3 Å². The van der Waals surface area contributed by atoms with E-state index in [1.54, 1.807) is 6.92 Å². The summed E-state index contributed by atoms with van der Waals surface area (Å²) < 4.78 is 5.32. The Morgan fingerprint density at radius 1 is 1.24 bits per heavy atom. The lowest BCUT2D eigenvalue weighted by atomic mass is 9.74. The highest BCUT2D eigenvalue weighted by atomic mass is 16.5. The maximum Gasteiger partial charge on any atom is 0.325 e. The van der Waals surface area contributed by atoms with Gasteiger partial charge in [0.15, 0.2) is 11.2 Å². The molecule has 0 amide bonds. The van der Waals surface area contributed by atoms with E-state index in [2.05, 4.69) is 12.3 Å². The standard InChI is InChI=1S/C22H20O3/c1-4-19(16-9-7-6-8-10-16)22(21(24)25-5-2)14-17-12-11-15(3)13-18(17)20(22)23/h6-13H,1,5,14H2,2-3H3/t22-/m1/s1. The van der Waals surface area contributed by atoms with Crippen LogP contribution < -0.4 is 0 Å². The Balaban J connectivity index is 2.22. The Bertz CT molecular complexity index is 889. The molecule has 0 fully saturated rings. The van der Waals surface area contributed by atoms with Crippen LogP contribution in [0.15, 0.2) is 60.8 Å². The molecule has 2 aromatic carbocycles. The maximum absolute atomic E-state index is 13.4. The SMILES string of the molecule is C=C=C(c1ccccc1)[C@]1(C(=O)OCC)Cc2ccc(C)cc2C1=O. The van der Waals surface area contributed by atoms with Crippen molar-refractivity contribution in [2.45, 2.75) is 20.3 Å². The summed E-state index contributed by atoms with van der Waals surface area (Å²) in [6.45, 7) is 7.64. The first-order valence-corrected chi connectivity index (χ1v) is 8.32. The van der Waals surface area contributed by atoms with E-state index in [9.17, 15) is 9.59 Å². The van der Waals surface area contributed by atoms with E-state index in [0.29, 0.717) is 11.1 Å². The zero-order valence-corrected chi connectivity index (χ0v) is 14.5. The summed E-state index contributed by atoms with van der Waals surface area (Å²) in [5.74, 6) is -0.775. The highest BCUT2D eigenvalue weighted by Gasteiger charge is 2.55. The van der Waals surface area contributed by atoms with Gasteiger partial charge in [0.2, 0.25) is 0 Å². The fourth-order valence-corrected chi connectivity index (χ4v) is 3.48. The van der Waals surface area contributed by atoms with Crippen molar-refractivity contribution >= 4 is 17.3 Å². The van der Waals surface area contributed by atoms with Gasteiger partial charge in [-0.05, 0) is 31.0 Å².